The standard InChI is InChI=1S/C18H19ClN4/c1-4-13-5-8-15(9-6-13)21-22-18-17(12(2)3)20-16-10-7-14(19)11-23(16)18/h5-12H,4H2,1-3H3. The van der Waals surface area contributed by atoms with E-state index in [1.54, 1.807) is 0 Å². The molecule has 0 amide bonds. The molecule has 0 atom stereocenters. The highest BCUT2D eigenvalue weighted by Crippen LogP contribution is 2.30. The summed E-state index contributed by atoms with van der Waals surface area (Å²) in [5.41, 5.74) is 3.86. The quantitative estimate of drug-likeness (QED) is 0.535. The van der Waals surface area contributed by atoms with Gasteiger partial charge in [0, 0.05) is 6.20 Å². The first-order valence-corrected chi connectivity index (χ1v) is 8.14. The third-order valence-electron chi connectivity index (χ3n) is 3.73. The van der Waals surface area contributed by atoms with Crippen molar-refractivity contribution in [2.24, 2.45) is 10.2 Å². The molecule has 23 heavy (non-hydrogen) atoms. The lowest BCUT2D eigenvalue weighted by Crippen LogP contribution is -1.87. The molecule has 0 unspecified atom stereocenters. The van der Waals surface area contributed by atoms with Gasteiger partial charge in [-0.2, -0.15) is 0 Å². The summed E-state index contributed by atoms with van der Waals surface area (Å²) in [7, 11) is 0. The summed E-state index contributed by atoms with van der Waals surface area (Å²) in [6.45, 7) is 6.32. The molecule has 0 saturated carbocycles. The molecular formula is C18H19ClN4. The monoisotopic (exact) mass is 326 g/mol. The van der Waals surface area contributed by atoms with Crippen LogP contribution in [0.15, 0.2) is 52.8 Å². The van der Waals surface area contributed by atoms with E-state index < -0.39 is 0 Å². The van der Waals surface area contributed by atoms with Crippen molar-refractivity contribution in [3.63, 3.8) is 0 Å². The molecule has 118 valence electrons. The highest BCUT2D eigenvalue weighted by atomic mass is 35.5. The van der Waals surface area contributed by atoms with E-state index >= 15 is 0 Å². The summed E-state index contributed by atoms with van der Waals surface area (Å²) in [6.07, 6.45) is 2.84. The minimum atomic E-state index is 0.255. The molecule has 4 nitrogen and oxygen atoms in total. The Balaban J connectivity index is 2.04. The minimum absolute atomic E-state index is 0.255. The van der Waals surface area contributed by atoms with E-state index in [1.807, 2.05) is 34.9 Å². The molecule has 0 aliphatic carbocycles. The summed E-state index contributed by atoms with van der Waals surface area (Å²) in [5, 5.41) is 9.46. The van der Waals surface area contributed by atoms with Crippen LogP contribution < -0.4 is 0 Å². The predicted octanol–water partition coefficient (Wildman–Crippen LogP) is 6.09. The van der Waals surface area contributed by atoms with Gasteiger partial charge in [0.15, 0.2) is 5.82 Å². The van der Waals surface area contributed by atoms with Gasteiger partial charge in [-0.3, -0.25) is 4.40 Å². The molecule has 0 fully saturated rings. The van der Waals surface area contributed by atoms with Crippen LogP contribution in [-0.4, -0.2) is 9.38 Å². The number of rotatable bonds is 4. The highest BCUT2D eigenvalue weighted by molar-refractivity contribution is 6.30. The molecule has 0 radical (unpaired) electrons. The number of benzene rings is 1. The van der Waals surface area contributed by atoms with Crippen LogP contribution in [0.4, 0.5) is 11.5 Å². The van der Waals surface area contributed by atoms with Gasteiger partial charge in [0.1, 0.15) is 5.65 Å². The lowest BCUT2D eigenvalue weighted by atomic mass is 10.1. The van der Waals surface area contributed by atoms with Crippen molar-refractivity contribution in [3.8, 4) is 0 Å². The molecule has 2 aromatic heterocycles. The molecule has 0 saturated heterocycles. The number of aryl methyl sites for hydroxylation is 1. The third kappa shape index (κ3) is 3.27. The van der Waals surface area contributed by atoms with E-state index in [4.69, 9.17) is 11.6 Å². The highest BCUT2D eigenvalue weighted by Gasteiger charge is 2.15. The van der Waals surface area contributed by atoms with Crippen LogP contribution in [0.1, 0.15) is 37.9 Å². The molecule has 1 aromatic carbocycles. The van der Waals surface area contributed by atoms with Crippen LogP contribution in [0.3, 0.4) is 0 Å². The SMILES string of the molecule is CCc1ccc(N=Nc2c(C(C)C)nc3ccc(Cl)cn23)cc1. The van der Waals surface area contributed by atoms with Gasteiger partial charge in [0.05, 0.1) is 16.4 Å². The molecule has 3 aromatic rings. The summed E-state index contributed by atoms with van der Waals surface area (Å²) in [4.78, 5) is 4.64. The first-order valence-electron chi connectivity index (χ1n) is 7.76. The smallest absolute Gasteiger partial charge is 0.183 e. The Morgan fingerprint density at radius 1 is 1.09 bits per heavy atom. The van der Waals surface area contributed by atoms with Crippen molar-refractivity contribution in [2.45, 2.75) is 33.1 Å². The lowest BCUT2D eigenvalue weighted by Gasteiger charge is -2.02. The normalized spacial score (nSPS) is 11.9. The van der Waals surface area contributed by atoms with Crippen LogP contribution >= 0.6 is 11.6 Å². The van der Waals surface area contributed by atoms with E-state index in [0.29, 0.717) is 5.02 Å². The van der Waals surface area contributed by atoms with Crippen molar-refractivity contribution < 1.29 is 0 Å². The van der Waals surface area contributed by atoms with E-state index in [2.05, 4.69) is 48.1 Å². The maximum absolute atomic E-state index is 6.11. The Morgan fingerprint density at radius 2 is 1.83 bits per heavy atom. The Morgan fingerprint density at radius 3 is 2.48 bits per heavy atom. The first-order chi connectivity index (χ1) is 11.1. The molecule has 0 bridgehead atoms. The number of halogens is 1. The topological polar surface area (TPSA) is 42.0 Å². The zero-order chi connectivity index (χ0) is 16.4. The largest absolute Gasteiger partial charge is 0.281 e. The Bertz CT molecular complexity index is 847. The van der Waals surface area contributed by atoms with Crippen molar-refractivity contribution in [3.05, 3.63) is 58.9 Å². The van der Waals surface area contributed by atoms with Gasteiger partial charge in [-0.05, 0) is 42.2 Å². The van der Waals surface area contributed by atoms with Gasteiger partial charge >= 0.3 is 0 Å². The average Bonchev–Trinajstić information content (AvgIpc) is 2.91. The number of pyridine rings is 1. The van der Waals surface area contributed by atoms with Crippen LogP contribution in [0, 0.1) is 0 Å². The molecule has 2 heterocycles. The molecule has 0 N–H and O–H groups in total. The first kappa shape index (κ1) is 15.7. The van der Waals surface area contributed by atoms with Crippen LogP contribution in [-0.2, 0) is 6.42 Å². The second kappa shape index (κ2) is 6.50. The Labute approximate surface area is 140 Å². The number of fused-ring (bicyclic) bond motifs is 1. The van der Waals surface area contributed by atoms with E-state index in [0.717, 1.165) is 29.3 Å². The van der Waals surface area contributed by atoms with E-state index in [9.17, 15) is 0 Å². The number of azo groups is 1. The fourth-order valence-electron chi connectivity index (χ4n) is 2.41. The number of aromatic nitrogens is 2. The van der Waals surface area contributed by atoms with E-state index in [-0.39, 0.29) is 5.92 Å². The number of hydrogen-bond acceptors (Lipinski definition) is 3. The van der Waals surface area contributed by atoms with Gasteiger partial charge in [-0.25, -0.2) is 4.98 Å². The second-order valence-electron chi connectivity index (χ2n) is 5.77. The lowest BCUT2D eigenvalue weighted by molar-refractivity contribution is 0.831. The second-order valence-corrected chi connectivity index (χ2v) is 6.21. The maximum atomic E-state index is 6.11. The average molecular weight is 327 g/mol. The molecule has 0 aliphatic rings. The van der Waals surface area contributed by atoms with Gasteiger partial charge in [-0.15, -0.1) is 10.2 Å². The third-order valence-corrected chi connectivity index (χ3v) is 3.96. The van der Waals surface area contributed by atoms with Gasteiger partial charge in [-0.1, -0.05) is 44.5 Å². The summed E-state index contributed by atoms with van der Waals surface area (Å²) >= 11 is 6.11. The number of hydrogen-bond donors (Lipinski definition) is 0. The molecule has 0 aliphatic heterocycles. The molecule has 3 rings (SSSR count). The fourth-order valence-corrected chi connectivity index (χ4v) is 2.58. The maximum Gasteiger partial charge on any atom is 0.183 e. The zero-order valence-electron chi connectivity index (χ0n) is 13.5. The summed E-state index contributed by atoms with van der Waals surface area (Å²) in [5.74, 6) is 0.988. The van der Waals surface area contributed by atoms with Crippen molar-refractivity contribution in [2.75, 3.05) is 0 Å². The Kier molecular flexibility index (Phi) is 4.44. The predicted molar refractivity (Wildman–Crippen MR) is 94.3 cm³/mol. The number of nitrogens with zero attached hydrogens (tertiary/aromatic N) is 4. The van der Waals surface area contributed by atoms with Crippen molar-refractivity contribution in [1.29, 1.82) is 0 Å². The summed E-state index contributed by atoms with van der Waals surface area (Å²) in [6, 6.07) is 11.8. The molecule has 5 heteroatoms. The molecule has 0 spiro atoms. The van der Waals surface area contributed by atoms with Gasteiger partial charge in [0.2, 0.25) is 0 Å². The number of imidazole rings is 1. The fraction of sp³-hybridized carbons (Fsp3) is 0.278. The summed E-state index contributed by atoms with van der Waals surface area (Å²) < 4.78 is 1.89. The Hall–Kier alpha value is -2.20. The van der Waals surface area contributed by atoms with Crippen molar-refractivity contribution >= 4 is 28.8 Å². The minimum Gasteiger partial charge on any atom is -0.281 e. The van der Waals surface area contributed by atoms with Gasteiger partial charge in [0.25, 0.3) is 0 Å². The van der Waals surface area contributed by atoms with Crippen LogP contribution in [0.2, 0.25) is 5.02 Å². The van der Waals surface area contributed by atoms with Gasteiger partial charge < -0.3 is 0 Å². The molecular weight excluding hydrogens is 308 g/mol. The van der Waals surface area contributed by atoms with Crippen molar-refractivity contribution in [1.82, 2.24) is 9.38 Å². The van der Waals surface area contributed by atoms with E-state index in [1.165, 1.54) is 5.56 Å². The zero-order valence-corrected chi connectivity index (χ0v) is 14.2. The van der Waals surface area contributed by atoms with Crippen LogP contribution in [0.25, 0.3) is 5.65 Å². The van der Waals surface area contributed by atoms with Crippen LogP contribution in [0.5, 0.6) is 0 Å².